The number of carbonyl (C=O) groups is 1. The zero-order valence-corrected chi connectivity index (χ0v) is 9.40. The summed E-state index contributed by atoms with van der Waals surface area (Å²) in [4.78, 5) is 15.2. The van der Waals surface area contributed by atoms with Crippen LogP contribution in [0.2, 0.25) is 0 Å². The molecule has 0 unspecified atom stereocenters. The molecule has 0 saturated carbocycles. The fourth-order valence-corrected chi connectivity index (χ4v) is 2.01. The molecule has 1 amide bonds. The molecule has 1 aromatic carbocycles. The molecule has 0 radical (unpaired) electrons. The lowest BCUT2D eigenvalue weighted by molar-refractivity contribution is -0.120. The van der Waals surface area contributed by atoms with Crippen molar-refractivity contribution in [3.05, 3.63) is 24.0 Å². The van der Waals surface area contributed by atoms with E-state index in [1.165, 1.54) is 23.5 Å². The zero-order chi connectivity index (χ0) is 11.5. The maximum absolute atomic E-state index is 12.9. The minimum Gasteiger partial charge on any atom is -0.273 e. The van der Waals surface area contributed by atoms with Crippen LogP contribution in [-0.2, 0) is 4.79 Å². The second kappa shape index (κ2) is 4.44. The number of carbonyl (C=O) groups excluding carboxylic acids is 1. The molecule has 6 heteroatoms. The van der Waals surface area contributed by atoms with Crippen molar-refractivity contribution < 1.29 is 9.18 Å². The first kappa shape index (κ1) is 10.8. The zero-order valence-electron chi connectivity index (χ0n) is 8.58. The fraction of sp³-hybridized carbons (Fsp3) is 0.200. The highest BCUT2D eigenvalue weighted by Crippen LogP contribution is 2.25. The minimum absolute atomic E-state index is 0.120. The highest BCUT2D eigenvalue weighted by Gasteiger charge is 2.04. The summed E-state index contributed by atoms with van der Waals surface area (Å²) in [5.74, 6) is -0.411. The first-order valence-corrected chi connectivity index (χ1v) is 5.61. The number of hydrazine groups is 1. The molecule has 2 N–H and O–H groups in total. The Labute approximate surface area is 95.5 Å². The van der Waals surface area contributed by atoms with Gasteiger partial charge >= 0.3 is 0 Å². The van der Waals surface area contributed by atoms with Gasteiger partial charge in [-0.1, -0.05) is 18.3 Å². The first-order chi connectivity index (χ1) is 7.69. The van der Waals surface area contributed by atoms with Gasteiger partial charge in [-0.3, -0.25) is 15.6 Å². The van der Waals surface area contributed by atoms with Crippen LogP contribution < -0.4 is 10.9 Å². The molecule has 0 aliphatic carbocycles. The number of aromatic nitrogens is 1. The van der Waals surface area contributed by atoms with Crippen molar-refractivity contribution in [1.29, 1.82) is 0 Å². The summed E-state index contributed by atoms with van der Waals surface area (Å²) in [5.41, 5.74) is 5.89. The van der Waals surface area contributed by atoms with Crippen LogP contribution in [0.1, 0.15) is 13.3 Å². The number of halogens is 1. The van der Waals surface area contributed by atoms with Crippen molar-refractivity contribution in [2.75, 3.05) is 5.43 Å². The Morgan fingerprint density at radius 3 is 3.12 bits per heavy atom. The van der Waals surface area contributed by atoms with E-state index in [0.717, 1.165) is 4.70 Å². The van der Waals surface area contributed by atoms with Crippen molar-refractivity contribution in [1.82, 2.24) is 10.4 Å². The third-order valence-electron chi connectivity index (χ3n) is 1.98. The summed E-state index contributed by atoms with van der Waals surface area (Å²) >= 11 is 1.29. The van der Waals surface area contributed by atoms with E-state index in [-0.39, 0.29) is 11.7 Å². The second-order valence-corrected chi connectivity index (χ2v) is 4.19. The van der Waals surface area contributed by atoms with Gasteiger partial charge in [0.15, 0.2) is 0 Å². The summed E-state index contributed by atoms with van der Waals surface area (Å²) in [6.45, 7) is 1.75. The predicted octanol–water partition coefficient (Wildman–Crippen LogP) is 2.29. The lowest BCUT2D eigenvalue weighted by Crippen LogP contribution is -2.28. The van der Waals surface area contributed by atoms with E-state index < -0.39 is 0 Å². The number of amides is 1. The molecule has 0 aliphatic rings. The molecule has 0 saturated heterocycles. The molecule has 2 rings (SSSR count). The van der Waals surface area contributed by atoms with E-state index in [2.05, 4.69) is 15.8 Å². The topological polar surface area (TPSA) is 54.0 Å². The van der Waals surface area contributed by atoms with E-state index in [4.69, 9.17) is 0 Å². The number of hydrogen-bond donors (Lipinski definition) is 2. The smallest absolute Gasteiger partial charge is 0.238 e. The number of thiazole rings is 1. The molecule has 0 atom stereocenters. The van der Waals surface area contributed by atoms with Crippen LogP contribution >= 0.6 is 11.3 Å². The second-order valence-electron chi connectivity index (χ2n) is 3.16. The maximum Gasteiger partial charge on any atom is 0.238 e. The maximum atomic E-state index is 12.9. The van der Waals surface area contributed by atoms with Crippen molar-refractivity contribution in [3.8, 4) is 0 Å². The molecule has 2 aromatic rings. The van der Waals surface area contributed by atoms with Gasteiger partial charge < -0.3 is 0 Å². The van der Waals surface area contributed by atoms with Gasteiger partial charge in [-0.2, -0.15) is 0 Å². The van der Waals surface area contributed by atoms with E-state index in [1.807, 2.05) is 0 Å². The molecule has 16 heavy (non-hydrogen) atoms. The van der Waals surface area contributed by atoms with Gasteiger partial charge in [0.2, 0.25) is 11.0 Å². The first-order valence-electron chi connectivity index (χ1n) is 4.80. The Morgan fingerprint density at radius 1 is 1.56 bits per heavy atom. The average molecular weight is 239 g/mol. The van der Waals surface area contributed by atoms with E-state index in [9.17, 15) is 9.18 Å². The number of rotatable bonds is 3. The number of nitrogens with zero attached hydrogens (tertiary/aromatic N) is 1. The summed E-state index contributed by atoms with van der Waals surface area (Å²) in [6.07, 6.45) is 0.395. The fourth-order valence-electron chi connectivity index (χ4n) is 1.16. The van der Waals surface area contributed by atoms with Crippen LogP contribution in [0.3, 0.4) is 0 Å². The monoisotopic (exact) mass is 239 g/mol. The Hall–Kier alpha value is -1.69. The van der Waals surface area contributed by atoms with Gasteiger partial charge in [0, 0.05) is 6.42 Å². The molecule has 1 heterocycles. The lowest BCUT2D eigenvalue weighted by atomic mass is 10.3. The quantitative estimate of drug-likeness (QED) is 0.808. The molecule has 84 valence electrons. The normalized spacial score (nSPS) is 10.4. The van der Waals surface area contributed by atoms with Crippen LogP contribution in [0.25, 0.3) is 10.2 Å². The molecule has 0 spiro atoms. The number of anilines is 1. The third kappa shape index (κ3) is 2.27. The van der Waals surface area contributed by atoms with E-state index in [0.29, 0.717) is 17.1 Å². The van der Waals surface area contributed by atoms with Crippen molar-refractivity contribution >= 4 is 32.6 Å². The summed E-state index contributed by atoms with van der Waals surface area (Å²) in [7, 11) is 0. The van der Waals surface area contributed by atoms with Crippen molar-refractivity contribution in [2.24, 2.45) is 0 Å². The van der Waals surface area contributed by atoms with Gasteiger partial charge in [-0.15, -0.1) is 0 Å². The van der Waals surface area contributed by atoms with Gasteiger partial charge in [-0.05, 0) is 18.2 Å². The largest absolute Gasteiger partial charge is 0.273 e. The Balaban J connectivity index is 2.16. The number of fused-ring (bicyclic) bond motifs is 1. The number of nitrogens with one attached hydrogen (secondary N) is 2. The van der Waals surface area contributed by atoms with Gasteiger partial charge in [0.25, 0.3) is 0 Å². The van der Waals surface area contributed by atoms with Crippen molar-refractivity contribution in [2.45, 2.75) is 13.3 Å². The van der Waals surface area contributed by atoms with Crippen LogP contribution in [0.5, 0.6) is 0 Å². The SMILES string of the molecule is CCC(=O)NNc1nc2ccc(F)cc2s1. The van der Waals surface area contributed by atoms with E-state index in [1.54, 1.807) is 13.0 Å². The summed E-state index contributed by atoms with van der Waals surface area (Å²) in [5, 5.41) is 0.544. The van der Waals surface area contributed by atoms with Gasteiger partial charge in [-0.25, -0.2) is 9.37 Å². The minimum atomic E-state index is -0.291. The number of benzene rings is 1. The highest BCUT2D eigenvalue weighted by molar-refractivity contribution is 7.22. The summed E-state index contributed by atoms with van der Waals surface area (Å²) in [6, 6.07) is 4.38. The standard InChI is InChI=1S/C10H10FN3OS/c1-2-9(15)13-14-10-12-7-4-3-6(11)5-8(7)16-10/h3-5H,2H2,1H3,(H,12,14)(H,13,15). The molecular formula is C10H10FN3OS. The highest BCUT2D eigenvalue weighted by atomic mass is 32.1. The van der Waals surface area contributed by atoms with Crippen LogP contribution in [-0.4, -0.2) is 10.9 Å². The Bertz CT molecular complexity index is 526. The molecule has 0 fully saturated rings. The van der Waals surface area contributed by atoms with Crippen LogP contribution in [0.4, 0.5) is 9.52 Å². The molecule has 1 aromatic heterocycles. The van der Waals surface area contributed by atoms with Gasteiger partial charge in [0.1, 0.15) is 5.82 Å². The lowest BCUT2D eigenvalue weighted by Gasteiger charge is -2.01. The molecule has 0 bridgehead atoms. The molecular weight excluding hydrogens is 229 g/mol. The predicted molar refractivity (Wildman–Crippen MR) is 61.6 cm³/mol. The molecule has 4 nitrogen and oxygen atoms in total. The van der Waals surface area contributed by atoms with Crippen LogP contribution in [0, 0.1) is 5.82 Å². The summed E-state index contributed by atoms with van der Waals surface area (Å²) < 4.78 is 13.6. The Kier molecular flexibility index (Phi) is 3.00. The average Bonchev–Trinajstić information content (AvgIpc) is 2.67. The van der Waals surface area contributed by atoms with E-state index >= 15 is 0 Å². The Morgan fingerprint density at radius 2 is 2.38 bits per heavy atom. The number of hydrogen-bond acceptors (Lipinski definition) is 4. The van der Waals surface area contributed by atoms with Gasteiger partial charge in [0.05, 0.1) is 10.2 Å². The molecule has 0 aliphatic heterocycles. The third-order valence-corrected chi connectivity index (χ3v) is 2.91. The van der Waals surface area contributed by atoms with Crippen LogP contribution in [0.15, 0.2) is 18.2 Å². The van der Waals surface area contributed by atoms with Crippen molar-refractivity contribution in [3.63, 3.8) is 0 Å².